The third-order valence-corrected chi connectivity index (χ3v) is 1.29. The van der Waals surface area contributed by atoms with Crippen molar-refractivity contribution in [3.05, 3.63) is 61.8 Å². The second-order valence-electron chi connectivity index (χ2n) is 2.10. The van der Waals surface area contributed by atoms with E-state index < -0.39 is 0 Å². The van der Waals surface area contributed by atoms with Crippen molar-refractivity contribution in [2.24, 2.45) is 0 Å². The largest absolute Gasteiger partial charge is 0.106 e. The van der Waals surface area contributed by atoms with Crippen LogP contribution < -0.4 is 0 Å². The van der Waals surface area contributed by atoms with Crippen molar-refractivity contribution in [1.29, 1.82) is 0 Å². The molecule has 0 amide bonds. The summed E-state index contributed by atoms with van der Waals surface area (Å²) in [6.45, 7) is 17.4. The van der Waals surface area contributed by atoms with Gasteiger partial charge in [0.15, 0.2) is 0 Å². The molecule has 0 aromatic rings. The van der Waals surface area contributed by atoms with Crippen molar-refractivity contribution in [3.63, 3.8) is 0 Å². The molecule has 0 bridgehead atoms. The topological polar surface area (TPSA) is 0 Å². The molecule has 0 aliphatic carbocycles. The first-order valence-electron chi connectivity index (χ1n) is 3.83. The summed E-state index contributed by atoms with van der Waals surface area (Å²) in [5.41, 5.74) is 2.14. The molecule has 0 radical (unpaired) electrons. The molecular formula is C12H18. The van der Waals surface area contributed by atoms with E-state index in [0.717, 1.165) is 11.1 Å². The maximum Gasteiger partial charge on any atom is -0.0305 e. The van der Waals surface area contributed by atoms with Crippen LogP contribution in [0, 0.1) is 0 Å². The number of hydrogen-bond acceptors (Lipinski definition) is 0. The van der Waals surface area contributed by atoms with Gasteiger partial charge in [-0.25, -0.2) is 0 Å². The summed E-state index contributed by atoms with van der Waals surface area (Å²) in [7, 11) is 0. The molecule has 0 saturated carbocycles. The molecule has 66 valence electrons. The van der Waals surface area contributed by atoms with Crippen LogP contribution in [0.1, 0.15) is 13.8 Å². The molecule has 0 aliphatic rings. The van der Waals surface area contributed by atoms with E-state index in [0.29, 0.717) is 0 Å². The Kier molecular flexibility index (Phi) is 10.8. The highest BCUT2D eigenvalue weighted by Gasteiger charge is 1.86. The summed E-state index contributed by atoms with van der Waals surface area (Å²) < 4.78 is 0. The fourth-order valence-electron chi connectivity index (χ4n) is 0.509. The van der Waals surface area contributed by atoms with Gasteiger partial charge in [-0.15, -0.1) is 13.2 Å². The highest BCUT2D eigenvalue weighted by Crippen LogP contribution is 2.06. The van der Waals surface area contributed by atoms with Gasteiger partial charge in [-0.2, -0.15) is 0 Å². The number of hydrogen-bond donors (Lipinski definition) is 0. The maximum atomic E-state index is 3.81. The molecule has 0 rings (SSSR count). The smallest absolute Gasteiger partial charge is 0.0305 e. The van der Waals surface area contributed by atoms with Crippen LogP contribution in [0.5, 0.6) is 0 Å². The van der Waals surface area contributed by atoms with Crippen LogP contribution in [0.3, 0.4) is 0 Å². The molecule has 0 heterocycles. The van der Waals surface area contributed by atoms with Crippen molar-refractivity contribution in [1.82, 2.24) is 0 Å². The molecule has 0 aromatic carbocycles. The van der Waals surface area contributed by atoms with Crippen molar-refractivity contribution >= 4 is 0 Å². The molecule has 0 saturated heterocycles. The summed E-state index contributed by atoms with van der Waals surface area (Å²) in [5.74, 6) is 0. The zero-order chi connectivity index (χ0) is 9.98. The number of allylic oxidation sites excluding steroid dienone is 6. The Balaban J connectivity index is 0. The van der Waals surface area contributed by atoms with E-state index in [2.05, 4.69) is 26.3 Å². The number of rotatable bonds is 3. The van der Waals surface area contributed by atoms with Gasteiger partial charge >= 0.3 is 0 Å². The second-order valence-corrected chi connectivity index (χ2v) is 2.10. The van der Waals surface area contributed by atoms with Gasteiger partial charge in [-0.05, 0) is 25.0 Å². The molecule has 12 heavy (non-hydrogen) atoms. The van der Waals surface area contributed by atoms with Crippen molar-refractivity contribution in [3.8, 4) is 0 Å². The first kappa shape index (κ1) is 13.3. The molecule has 0 spiro atoms. The molecule has 0 fully saturated rings. The van der Waals surface area contributed by atoms with Gasteiger partial charge in [0.25, 0.3) is 0 Å². The van der Waals surface area contributed by atoms with Gasteiger partial charge in [-0.3, -0.25) is 0 Å². The second kappa shape index (κ2) is 9.70. The first-order chi connectivity index (χ1) is 5.72. The lowest BCUT2D eigenvalue weighted by Gasteiger charge is -1.95. The SMILES string of the molecule is C=C.C=CC(=C)/C(C)=C\C=C/C. The lowest BCUT2D eigenvalue weighted by molar-refractivity contribution is 1.44. The van der Waals surface area contributed by atoms with Crippen LogP contribution in [0.25, 0.3) is 0 Å². The first-order valence-corrected chi connectivity index (χ1v) is 3.83. The molecule has 0 heteroatoms. The van der Waals surface area contributed by atoms with Gasteiger partial charge in [0.2, 0.25) is 0 Å². The van der Waals surface area contributed by atoms with E-state index in [1.54, 1.807) is 6.08 Å². The molecule has 0 aromatic heterocycles. The zero-order valence-corrected chi connectivity index (χ0v) is 8.14. The normalized spacial score (nSPS) is 10.3. The van der Waals surface area contributed by atoms with Gasteiger partial charge in [0, 0.05) is 0 Å². The van der Waals surface area contributed by atoms with E-state index in [4.69, 9.17) is 0 Å². The molecule has 0 aliphatic heterocycles. The van der Waals surface area contributed by atoms with Crippen LogP contribution in [-0.2, 0) is 0 Å². The summed E-state index contributed by atoms with van der Waals surface area (Å²) >= 11 is 0. The van der Waals surface area contributed by atoms with Gasteiger partial charge in [0.1, 0.15) is 0 Å². The van der Waals surface area contributed by atoms with Crippen LogP contribution in [0.4, 0.5) is 0 Å². The highest BCUT2D eigenvalue weighted by atomic mass is 13.9. The maximum absolute atomic E-state index is 3.81. The molecule has 0 N–H and O–H groups in total. The minimum Gasteiger partial charge on any atom is -0.106 e. The molecule has 0 atom stereocenters. The van der Waals surface area contributed by atoms with Crippen LogP contribution in [-0.4, -0.2) is 0 Å². The average Bonchev–Trinajstić information content (AvgIpc) is 2.16. The van der Waals surface area contributed by atoms with Gasteiger partial charge < -0.3 is 0 Å². The Hall–Kier alpha value is -1.30. The lowest BCUT2D eigenvalue weighted by Crippen LogP contribution is -1.75. The van der Waals surface area contributed by atoms with Crippen molar-refractivity contribution in [2.75, 3.05) is 0 Å². The van der Waals surface area contributed by atoms with E-state index in [9.17, 15) is 0 Å². The Labute approximate surface area is 76.3 Å². The predicted molar refractivity (Wildman–Crippen MR) is 59.2 cm³/mol. The minimum atomic E-state index is 0.984. The van der Waals surface area contributed by atoms with E-state index in [1.807, 2.05) is 32.1 Å². The molecular weight excluding hydrogens is 144 g/mol. The zero-order valence-electron chi connectivity index (χ0n) is 8.14. The predicted octanol–water partition coefficient (Wildman–Crippen LogP) is 4.05. The summed E-state index contributed by atoms with van der Waals surface area (Å²) in [6.07, 6.45) is 7.75. The van der Waals surface area contributed by atoms with Crippen LogP contribution in [0.15, 0.2) is 61.8 Å². The van der Waals surface area contributed by atoms with Crippen molar-refractivity contribution < 1.29 is 0 Å². The fraction of sp³-hybridized carbons (Fsp3) is 0.167. The third kappa shape index (κ3) is 6.81. The van der Waals surface area contributed by atoms with Gasteiger partial charge in [0.05, 0.1) is 0 Å². The van der Waals surface area contributed by atoms with E-state index in [-0.39, 0.29) is 0 Å². The Morgan fingerprint density at radius 3 is 2.08 bits per heavy atom. The van der Waals surface area contributed by atoms with Crippen LogP contribution in [0.2, 0.25) is 0 Å². The van der Waals surface area contributed by atoms with Crippen LogP contribution >= 0.6 is 0 Å². The Bertz CT molecular complexity index is 192. The summed E-state index contributed by atoms with van der Waals surface area (Å²) in [4.78, 5) is 0. The molecule has 0 unspecified atom stereocenters. The summed E-state index contributed by atoms with van der Waals surface area (Å²) in [6, 6.07) is 0. The van der Waals surface area contributed by atoms with E-state index >= 15 is 0 Å². The summed E-state index contributed by atoms with van der Waals surface area (Å²) in [5, 5.41) is 0. The third-order valence-electron chi connectivity index (χ3n) is 1.29. The highest BCUT2D eigenvalue weighted by molar-refractivity contribution is 5.36. The Morgan fingerprint density at radius 2 is 1.75 bits per heavy atom. The lowest BCUT2D eigenvalue weighted by atomic mass is 10.1. The quantitative estimate of drug-likeness (QED) is 0.434. The fourth-order valence-corrected chi connectivity index (χ4v) is 0.509. The minimum absolute atomic E-state index is 0.984. The standard InChI is InChI=1S/C10H14.C2H4/c1-5-7-8-10(4)9(3)6-2;1-2/h5-8H,2-3H2,1,4H3;1-2H2/b7-5-,10-8-;. The van der Waals surface area contributed by atoms with Crippen molar-refractivity contribution in [2.45, 2.75) is 13.8 Å². The average molecular weight is 162 g/mol. The molecule has 0 nitrogen and oxygen atoms in total. The Morgan fingerprint density at radius 1 is 1.25 bits per heavy atom. The van der Waals surface area contributed by atoms with Gasteiger partial charge in [-0.1, -0.05) is 37.5 Å². The van der Waals surface area contributed by atoms with E-state index in [1.165, 1.54) is 0 Å². The monoisotopic (exact) mass is 162 g/mol.